The van der Waals surface area contributed by atoms with Crippen LogP contribution in [0, 0.1) is 6.92 Å². The third-order valence-corrected chi connectivity index (χ3v) is 3.02. The Kier molecular flexibility index (Phi) is 4.47. The molecule has 1 amide bonds. The van der Waals surface area contributed by atoms with E-state index in [0.29, 0.717) is 18.7 Å². The second-order valence-corrected chi connectivity index (χ2v) is 4.58. The number of carbonyl (C=O) groups is 1. The van der Waals surface area contributed by atoms with E-state index >= 15 is 0 Å². The van der Waals surface area contributed by atoms with E-state index in [2.05, 4.69) is 10.3 Å². The molecule has 0 fully saturated rings. The highest BCUT2D eigenvalue weighted by Crippen LogP contribution is 2.17. The maximum Gasteiger partial charge on any atom is 0.253 e. The van der Waals surface area contributed by atoms with Gasteiger partial charge in [-0.1, -0.05) is 18.2 Å². The number of para-hydroxylation sites is 1. The minimum atomic E-state index is -0.0688. The summed E-state index contributed by atoms with van der Waals surface area (Å²) in [5.74, 6) is -0.0688. The fourth-order valence-corrected chi connectivity index (χ4v) is 1.99. The van der Waals surface area contributed by atoms with Crippen molar-refractivity contribution in [2.45, 2.75) is 19.8 Å². The van der Waals surface area contributed by atoms with Crippen molar-refractivity contribution in [1.29, 1.82) is 0 Å². The Morgan fingerprint density at radius 3 is 2.89 bits per heavy atom. The number of unbranched alkanes of at least 4 members (excludes halogenated alkanes) is 1. The molecule has 0 aliphatic heterocycles. The lowest BCUT2D eigenvalue weighted by Crippen LogP contribution is -2.25. The third-order valence-electron chi connectivity index (χ3n) is 3.02. The Hall–Kier alpha value is -1.94. The molecule has 19 heavy (non-hydrogen) atoms. The molecule has 0 atom stereocenters. The predicted molar refractivity (Wildman–Crippen MR) is 77.1 cm³/mol. The number of amides is 1. The topological polar surface area (TPSA) is 68.0 Å². The van der Waals surface area contributed by atoms with Crippen LogP contribution in [0.3, 0.4) is 0 Å². The fraction of sp³-hybridized carbons (Fsp3) is 0.333. The average molecular weight is 257 g/mol. The van der Waals surface area contributed by atoms with E-state index in [9.17, 15) is 4.79 Å². The van der Waals surface area contributed by atoms with Crippen LogP contribution in [0.5, 0.6) is 0 Å². The molecule has 1 aromatic carbocycles. The summed E-state index contributed by atoms with van der Waals surface area (Å²) in [6.45, 7) is 3.23. The summed E-state index contributed by atoms with van der Waals surface area (Å²) >= 11 is 0. The maximum absolute atomic E-state index is 12.2. The van der Waals surface area contributed by atoms with E-state index < -0.39 is 0 Å². The van der Waals surface area contributed by atoms with Gasteiger partial charge in [0.15, 0.2) is 0 Å². The van der Waals surface area contributed by atoms with Crippen LogP contribution in [0.2, 0.25) is 0 Å². The lowest BCUT2D eigenvalue weighted by Gasteiger charge is -2.07. The van der Waals surface area contributed by atoms with Gasteiger partial charge in [-0.05, 0) is 38.4 Å². The van der Waals surface area contributed by atoms with Gasteiger partial charge < -0.3 is 11.1 Å². The van der Waals surface area contributed by atoms with Gasteiger partial charge in [0.05, 0.1) is 11.1 Å². The van der Waals surface area contributed by atoms with Gasteiger partial charge in [0.25, 0.3) is 5.91 Å². The number of nitrogens with zero attached hydrogens (tertiary/aromatic N) is 1. The number of rotatable bonds is 5. The normalized spacial score (nSPS) is 10.6. The summed E-state index contributed by atoms with van der Waals surface area (Å²) in [6, 6.07) is 9.60. The molecule has 100 valence electrons. The average Bonchev–Trinajstić information content (AvgIpc) is 2.42. The zero-order valence-corrected chi connectivity index (χ0v) is 11.1. The molecule has 0 aliphatic carbocycles. The molecule has 0 unspecified atom stereocenters. The molecule has 0 spiro atoms. The van der Waals surface area contributed by atoms with Crippen LogP contribution in [0.15, 0.2) is 30.3 Å². The van der Waals surface area contributed by atoms with Gasteiger partial charge in [0.1, 0.15) is 0 Å². The van der Waals surface area contributed by atoms with E-state index in [0.717, 1.165) is 29.4 Å². The molecule has 3 N–H and O–H groups in total. The molecule has 4 nitrogen and oxygen atoms in total. The second kappa shape index (κ2) is 6.29. The highest BCUT2D eigenvalue weighted by Gasteiger charge is 2.10. The van der Waals surface area contributed by atoms with Crippen molar-refractivity contribution in [2.24, 2.45) is 5.73 Å². The number of pyridine rings is 1. The number of aromatic nitrogens is 1. The Morgan fingerprint density at radius 1 is 1.26 bits per heavy atom. The first-order valence-corrected chi connectivity index (χ1v) is 6.57. The Bertz CT molecular complexity index is 581. The third kappa shape index (κ3) is 3.29. The molecule has 2 aromatic rings. The van der Waals surface area contributed by atoms with Crippen LogP contribution < -0.4 is 11.1 Å². The number of carbonyl (C=O) groups excluding carboxylic acids is 1. The number of hydrogen-bond acceptors (Lipinski definition) is 3. The quantitative estimate of drug-likeness (QED) is 0.805. The summed E-state index contributed by atoms with van der Waals surface area (Å²) in [4.78, 5) is 16.6. The lowest BCUT2D eigenvalue weighted by molar-refractivity contribution is 0.0954. The molecular formula is C15H19N3O. The van der Waals surface area contributed by atoms with E-state index in [4.69, 9.17) is 5.73 Å². The van der Waals surface area contributed by atoms with Gasteiger partial charge in [-0.3, -0.25) is 9.78 Å². The standard InChI is InChI=1S/C15H19N3O/c1-11-7-8-12-5-4-6-13(14(12)18-11)15(19)17-10-3-2-9-16/h4-8H,2-3,9-10,16H2,1H3,(H,17,19). The lowest BCUT2D eigenvalue weighted by atomic mass is 10.1. The molecule has 1 aromatic heterocycles. The number of benzene rings is 1. The Morgan fingerprint density at radius 2 is 2.11 bits per heavy atom. The van der Waals surface area contributed by atoms with Crippen molar-refractivity contribution in [2.75, 3.05) is 13.1 Å². The summed E-state index contributed by atoms with van der Waals surface area (Å²) in [7, 11) is 0. The van der Waals surface area contributed by atoms with E-state index in [1.54, 1.807) is 0 Å². The predicted octanol–water partition coefficient (Wildman–Crippen LogP) is 2.01. The summed E-state index contributed by atoms with van der Waals surface area (Å²) in [6.07, 6.45) is 1.83. The van der Waals surface area contributed by atoms with Crippen LogP contribution >= 0.6 is 0 Å². The first-order chi connectivity index (χ1) is 9.22. The molecule has 0 radical (unpaired) electrons. The van der Waals surface area contributed by atoms with Crippen molar-refractivity contribution >= 4 is 16.8 Å². The number of aryl methyl sites for hydroxylation is 1. The number of nitrogens with one attached hydrogen (secondary N) is 1. The van der Waals surface area contributed by atoms with Gasteiger partial charge in [-0.15, -0.1) is 0 Å². The highest BCUT2D eigenvalue weighted by atomic mass is 16.1. The molecule has 0 saturated heterocycles. The molecular weight excluding hydrogens is 238 g/mol. The SMILES string of the molecule is Cc1ccc2cccc(C(=O)NCCCCN)c2n1. The van der Waals surface area contributed by atoms with Crippen LogP contribution in [0.1, 0.15) is 28.9 Å². The van der Waals surface area contributed by atoms with Crippen molar-refractivity contribution in [3.63, 3.8) is 0 Å². The summed E-state index contributed by atoms with van der Waals surface area (Å²) in [5.41, 5.74) is 7.73. The second-order valence-electron chi connectivity index (χ2n) is 4.58. The van der Waals surface area contributed by atoms with Crippen molar-refractivity contribution in [1.82, 2.24) is 10.3 Å². The Labute approximate surface area is 113 Å². The molecule has 1 heterocycles. The number of nitrogens with two attached hydrogens (primary N) is 1. The largest absolute Gasteiger partial charge is 0.352 e. The Balaban J connectivity index is 2.19. The van der Waals surface area contributed by atoms with Gasteiger partial charge in [0.2, 0.25) is 0 Å². The zero-order valence-electron chi connectivity index (χ0n) is 11.1. The van der Waals surface area contributed by atoms with E-state index in [1.807, 2.05) is 37.3 Å². The molecule has 2 rings (SSSR count). The van der Waals surface area contributed by atoms with Crippen LogP contribution in [0.4, 0.5) is 0 Å². The highest BCUT2D eigenvalue weighted by molar-refractivity contribution is 6.05. The fourth-order valence-electron chi connectivity index (χ4n) is 1.99. The van der Waals surface area contributed by atoms with Crippen molar-refractivity contribution in [3.05, 3.63) is 41.6 Å². The van der Waals surface area contributed by atoms with Crippen LogP contribution in [-0.2, 0) is 0 Å². The zero-order chi connectivity index (χ0) is 13.7. The molecule has 0 aliphatic rings. The number of hydrogen-bond donors (Lipinski definition) is 2. The van der Waals surface area contributed by atoms with Crippen LogP contribution in [0.25, 0.3) is 10.9 Å². The van der Waals surface area contributed by atoms with E-state index in [1.165, 1.54) is 0 Å². The minimum absolute atomic E-state index is 0.0688. The van der Waals surface area contributed by atoms with E-state index in [-0.39, 0.29) is 5.91 Å². The first-order valence-electron chi connectivity index (χ1n) is 6.57. The number of fused-ring (bicyclic) bond motifs is 1. The molecule has 0 bridgehead atoms. The van der Waals surface area contributed by atoms with Crippen molar-refractivity contribution in [3.8, 4) is 0 Å². The summed E-state index contributed by atoms with van der Waals surface area (Å²) in [5, 5.41) is 3.90. The first kappa shape index (κ1) is 13.5. The van der Waals surface area contributed by atoms with Crippen molar-refractivity contribution < 1.29 is 4.79 Å². The van der Waals surface area contributed by atoms with Crippen LogP contribution in [-0.4, -0.2) is 24.0 Å². The maximum atomic E-state index is 12.2. The van der Waals surface area contributed by atoms with Gasteiger partial charge in [-0.2, -0.15) is 0 Å². The molecule has 4 heteroatoms. The minimum Gasteiger partial charge on any atom is -0.352 e. The van der Waals surface area contributed by atoms with Gasteiger partial charge >= 0.3 is 0 Å². The monoisotopic (exact) mass is 257 g/mol. The smallest absolute Gasteiger partial charge is 0.253 e. The summed E-state index contributed by atoms with van der Waals surface area (Å²) < 4.78 is 0. The molecule has 0 saturated carbocycles. The van der Waals surface area contributed by atoms with Gasteiger partial charge in [0, 0.05) is 17.6 Å². The van der Waals surface area contributed by atoms with Gasteiger partial charge in [-0.25, -0.2) is 0 Å².